The van der Waals surface area contributed by atoms with Crippen molar-refractivity contribution in [2.75, 3.05) is 34.8 Å². The smallest absolute Gasteiger partial charge is 0.192 e. The summed E-state index contributed by atoms with van der Waals surface area (Å²) >= 11 is 0. The van der Waals surface area contributed by atoms with E-state index in [-0.39, 0.29) is 0 Å². The molecule has 0 bridgehead atoms. The van der Waals surface area contributed by atoms with Gasteiger partial charge < -0.3 is 8.91 Å². The van der Waals surface area contributed by atoms with Crippen LogP contribution in [0.1, 0.15) is 46.0 Å². The molecule has 0 amide bonds. The maximum atomic E-state index is 6.09. The van der Waals surface area contributed by atoms with Gasteiger partial charge in [-0.15, -0.1) is 0 Å². The first kappa shape index (κ1) is 18.1. The van der Waals surface area contributed by atoms with Crippen LogP contribution in [-0.2, 0) is 4.43 Å². The Hall–Kier alpha value is 0.137. The molecule has 0 aromatic heterocycles. The minimum Gasteiger partial charge on any atom is -0.420 e. The van der Waals surface area contributed by atoms with Crippen LogP contribution in [0.3, 0.4) is 0 Å². The van der Waals surface area contributed by atoms with E-state index in [1.54, 1.807) is 0 Å². The Bertz CT molecular complexity index is 193. The Morgan fingerprint density at radius 3 is 1.61 bits per heavy atom. The Balaban J connectivity index is 4.32. The molecule has 0 aliphatic carbocycles. The molecule has 0 rings (SSSR count). The van der Waals surface area contributed by atoms with E-state index in [2.05, 4.69) is 35.0 Å². The molecular formula is C15H36NOSi+. The van der Waals surface area contributed by atoms with Crippen LogP contribution in [0.5, 0.6) is 0 Å². The third-order valence-electron chi connectivity index (χ3n) is 3.87. The van der Waals surface area contributed by atoms with Gasteiger partial charge in [0.1, 0.15) is 0 Å². The van der Waals surface area contributed by atoms with Gasteiger partial charge in [0.2, 0.25) is 0 Å². The predicted octanol–water partition coefficient (Wildman–Crippen LogP) is 4.27. The van der Waals surface area contributed by atoms with Crippen LogP contribution in [0.2, 0.25) is 18.1 Å². The van der Waals surface area contributed by atoms with E-state index < -0.39 is 8.32 Å². The van der Waals surface area contributed by atoms with Crippen LogP contribution in [0, 0.1) is 0 Å². The molecule has 0 aromatic carbocycles. The number of rotatable bonds is 11. The minimum atomic E-state index is -1.42. The van der Waals surface area contributed by atoms with Gasteiger partial charge in [-0.2, -0.15) is 0 Å². The van der Waals surface area contributed by atoms with E-state index in [4.69, 9.17) is 4.43 Å². The molecule has 0 saturated carbocycles. The molecule has 0 atom stereocenters. The maximum absolute atomic E-state index is 6.09. The molecule has 0 aliphatic rings. The van der Waals surface area contributed by atoms with Gasteiger partial charge in [0.05, 0.1) is 27.7 Å². The summed E-state index contributed by atoms with van der Waals surface area (Å²) in [6.45, 7) is 5.86. The molecule has 18 heavy (non-hydrogen) atoms. The second-order valence-corrected chi connectivity index (χ2v) is 11.0. The van der Waals surface area contributed by atoms with E-state index in [1.807, 2.05) is 7.11 Å². The number of hydrogen-bond donors (Lipinski definition) is 0. The third kappa shape index (κ3) is 8.28. The van der Waals surface area contributed by atoms with Crippen LogP contribution >= 0.6 is 0 Å². The molecule has 0 aliphatic heterocycles. The van der Waals surface area contributed by atoms with Crippen molar-refractivity contribution in [1.82, 2.24) is 0 Å². The third-order valence-corrected chi connectivity index (χ3v) is 8.53. The normalized spacial score (nSPS) is 13.0. The number of hydrogen-bond acceptors (Lipinski definition) is 1. The Labute approximate surface area is 116 Å². The minimum absolute atomic E-state index is 1.08. The molecule has 0 heterocycles. The lowest BCUT2D eigenvalue weighted by atomic mass is 10.4. The summed E-state index contributed by atoms with van der Waals surface area (Å²) in [5, 5.41) is 0. The summed E-state index contributed by atoms with van der Waals surface area (Å²) in [7, 11) is 7.41. The van der Waals surface area contributed by atoms with E-state index in [9.17, 15) is 0 Å². The van der Waals surface area contributed by atoms with Crippen LogP contribution in [0.15, 0.2) is 0 Å². The highest BCUT2D eigenvalue weighted by Gasteiger charge is 2.32. The monoisotopic (exact) mass is 274 g/mol. The number of unbranched alkanes of at least 4 members (excludes halogenated alkanes) is 2. The molecule has 2 nitrogen and oxygen atoms in total. The quantitative estimate of drug-likeness (QED) is 0.404. The summed E-state index contributed by atoms with van der Waals surface area (Å²) < 4.78 is 7.17. The lowest BCUT2D eigenvalue weighted by Crippen LogP contribution is -2.40. The number of quaternary nitrogens is 1. The Morgan fingerprint density at radius 2 is 1.28 bits per heavy atom. The van der Waals surface area contributed by atoms with Gasteiger partial charge in [0, 0.05) is 7.11 Å². The zero-order valence-corrected chi connectivity index (χ0v) is 14.7. The van der Waals surface area contributed by atoms with Crippen molar-refractivity contribution >= 4 is 8.32 Å². The highest BCUT2D eigenvalue weighted by atomic mass is 28.4. The van der Waals surface area contributed by atoms with Crippen LogP contribution in [-0.4, -0.2) is 47.6 Å². The van der Waals surface area contributed by atoms with E-state index in [0.29, 0.717) is 0 Å². The highest BCUT2D eigenvalue weighted by molar-refractivity contribution is 6.73. The SMILES string of the molecule is CCCC[Si](CCCC)(CCC[N+](C)(C)C)OC. The second kappa shape index (κ2) is 9.11. The predicted molar refractivity (Wildman–Crippen MR) is 84.5 cm³/mol. The summed E-state index contributed by atoms with van der Waals surface area (Å²) in [5.74, 6) is 0. The fourth-order valence-corrected chi connectivity index (χ4v) is 6.72. The second-order valence-electron chi connectivity index (χ2n) is 6.71. The van der Waals surface area contributed by atoms with Crippen molar-refractivity contribution in [2.45, 2.75) is 64.1 Å². The molecule has 0 saturated heterocycles. The van der Waals surface area contributed by atoms with Crippen molar-refractivity contribution in [2.24, 2.45) is 0 Å². The number of nitrogens with zero attached hydrogens (tertiary/aromatic N) is 1. The first-order valence-corrected chi connectivity index (χ1v) is 10.3. The fourth-order valence-electron chi connectivity index (χ4n) is 2.55. The summed E-state index contributed by atoms with van der Waals surface area (Å²) in [5.41, 5.74) is 0. The van der Waals surface area contributed by atoms with Crippen molar-refractivity contribution in [1.29, 1.82) is 0 Å². The Morgan fingerprint density at radius 1 is 0.833 bits per heavy atom. The first-order chi connectivity index (χ1) is 8.39. The lowest BCUT2D eigenvalue weighted by molar-refractivity contribution is -0.870. The molecule has 0 N–H and O–H groups in total. The van der Waals surface area contributed by atoms with Gasteiger partial charge in [0.25, 0.3) is 0 Å². The van der Waals surface area contributed by atoms with Crippen LogP contribution < -0.4 is 0 Å². The van der Waals surface area contributed by atoms with Gasteiger partial charge in [-0.1, -0.05) is 39.5 Å². The van der Waals surface area contributed by atoms with E-state index >= 15 is 0 Å². The zero-order valence-electron chi connectivity index (χ0n) is 13.7. The van der Waals surface area contributed by atoms with Crippen LogP contribution in [0.25, 0.3) is 0 Å². The molecule has 0 unspecified atom stereocenters. The molecule has 0 radical (unpaired) electrons. The zero-order chi connectivity index (χ0) is 14.1. The first-order valence-electron chi connectivity index (χ1n) is 7.75. The van der Waals surface area contributed by atoms with E-state index in [0.717, 1.165) is 4.48 Å². The molecular weight excluding hydrogens is 238 g/mol. The van der Waals surface area contributed by atoms with Gasteiger partial charge in [-0.3, -0.25) is 0 Å². The standard InChI is InChI=1S/C15H36NOSi/c1-7-9-13-18(17-6,14-10-8-2)15-11-12-16(3,4)5/h7-15H2,1-6H3/q+1. The molecule has 0 spiro atoms. The summed E-state index contributed by atoms with van der Waals surface area (Å²) in [6, 6.07) is 4.10. The van der Waals surface area contributed by atoms with Crippen molar-refractivity contribution in [3.05, 3.63) is 0 Å². The topological polar surface area (TPSA) is 9.23 Å². The highest BCUT2D eigenvalue weighted by Crippen LogP contribution is 2.28. The van der Waals surface area contributed by atoms with Gasteiger partial charge in [-0.05, 0) is 24.6 Å². The lowest BCUT2D eigenvalue weighted by Gasteiger charge is -2.32. The molecule has 110 valence electrons. The fraction of sp³-hybridized carbons (Fsp3) is 1.00. The molecule has 0 fully saturated rings. The molecule has 0 aromatic rings. The van der Waals surface area contributed by atoms with E-state index in [1.165, 1.54) is 56.8 Å². The van der Waals surface area contributed by atoms with Crippen molar-refractivity contribution in [3.8, 4) is 0 Å². The van der Waals surface area contributed by atoms with Gasteiger partial charge in [-0.25, -0.2) is 0 Å². The molecule has 3 heteroatoms. The van der Waals surface area contributed by atoms with Crippen molar-refractivity contribution < 1.29 is 8.91 Å². The largest absolute Gasteiger partial charge is 0.420 e. The Kier molecular flexibility index (Phi) is 9.18. The average molecular weight is 275 g/mol. The maximum Gasteiger partial charge on any atom is 0.192 e. The van der Waals surface area contributed by atoms with Gasteiger partial charge >= 0.3 is 0 Å². The average Bonchev–Trinajstić information content (AvgIpc) is 2.31. The van der Waals surface area contributed by atoms with Crippen LogP contribution in [0.4, 0.5) is 0 Å². The summed E-state index contributed by atoms with van der Waals surface area (Å²) in [4.78, 5) is 0. The summed E-state index contributed by atoms with van der Waals surface area (Å²) in [6.07, 6.45) is 6.65. The van der Waals surface area contributed by atoms with Crippen molar-refractivity contribution in [3.63, 3.8) is 0 Å². The van der Waals surface area contributed by atoms with Gasteiger partial charge in [0.15, 0.2) is 8.32 Å².